The Morgan fingerprint density at radius 3 is 2.48 bits per heavy atom. The second-order valence-electron chi connectivity index (χ2n) is 6.37. The van der Waals surface area contributed by atoms with Crippen molar-refractivity contribution in [3.05, 3.63) is 0 Å². The maximum atomic E-state index is 11.5. The number of guanidine groups is 1. The van der Waals surface area contributed by atoms with E-state index in [0.29, 0.717) is 13.0 Å². The summed E-state index contributed by atoms with van der Waals surface area (Å²) in [6, 6.07) is 0. The lowest BCUT2D eigenvalue weighted by atomic mass is 9.86. The lowest BCUT2D eigenvalue weighted by Crippen LogP contribution is -2.39. The van der Waals surface area contributed by atoms with Crippen LogP contribution in [0, 0.1) is 5.92 Å². The maximum Gasteiger partial charge on any atom is 0.223 e. The third-order valence-electron chi connectivity index (χ3n) is 4.24. The first-order chi connectivity index (χ1) is 10.6. The second kappa shape index (κ2) is 13.9. The van der Waals surface area contributed by atoms with Gasteiger partial charge in [0.25, 0.3) is 0 Å². The van der Waals surface area contributed by atoms with Gasteiger partial charge in [0.15, 0.2) is 5.96 Å². The van der Waals surface area contributed by atoms with Crippen molar-refractivity contribution in [2.45, 2.75) is 58.3 Å². The standard InChI is InChI=1S/C17H34N4O.HI/c1-4-18-17(20-14-12-16(22)21(2)3)19-13-8-11-15-9-6-5-7-10-15;/h15H,4-14H2,1-3H3,(H2,18,19,20);1H. The monoisotopic (exact) mass is 438 g/mol. The predicted octanol–water partition coefficient (Wildman–Crippen LogP) is 3.00. The van der Waals surface area contributed by atoms with Crippen LogP contribution in [-0.4, -0.2) is 50.5 Å². The Balaban J connectivity index is 0.00000484. The van der Waals surface area contributed by atoms with E-state index in [0.717, 1.165) is 31.4 Å². The van der Waals surface area contributed by atoms with E-state index in [4.69, 9.17) is 0 Å². The number of carbonyl (C=O) groups excluding carboxylic acids is 1. The Labute approximate surface area is 159 Å². The minimum absolute atomic E-state index is 0. The third kappa shape index (κ3) is 10.8. The van der Waals surface area contributed by atoms with Crippen molar-refractivity contribution in [1.29, 1.82) is 0 Å². The molecule has 1 rings (SSSR count). The van der Waals surface area contributed by atoms with Gasteiger partial charge in [-0.25, -0.2) is 0 Å². The van der Waals surface area contributed by atoms with Gasteiger partial charge in [-0.05, 0) is 25.7 Å². The summed E-state index contributed by atoms with van der Waals surface area (Å²) >= 11 is 0. The fraction of sp³-hybridized carbons (Fsp3) is 0.882. The van der Waals surface area contributed by atoms with E-state index >= 15 is 0 Å². The van der Waals surface area contributed by atoms with Gasteiger partial charge >= 0.3 is 0 Å². The average Bonchev–Trinajstić information content (AvgIpc) is 2.52. The Hall–Kier alpha value is -0.530. The molecular weight excluding hydrogens is 403 g/mol. The van der Waals surface area contributed by atoms with Crippen molar-refractivity contribution in [3.8, 4) is 0 Å². The quantitative estimate of drug-likeness (QED) is 0.265. The highest BCUT2D eigenvalue weighted by Crippen LogP contribution is 2.27. The molecule has 0 atom stereocenters. The van der Waals surface area contributed by atoms with Crippen LogP contribution in [-0.2, 0) is 4.79 Å². The van der Waals surface area contributed by atoms with E-state index in [9.17, 15) is 4.79 Å². The van der Waals surface area contributed by atoms with E-state index in [1.165, 1.54) is 38.5 Å². The highest BCUT2D eigenvalue weighted by atomic mass is 127. The van der Waals surface area contributed by atoms with E-state index in [-0.39, 0.29) is 29.9 Å². The van der Waals surface area contributed by atoms with Crippen LogP contribution in [0.2, 0.25) is 0 Å². The Morgan fingerprint density at radius 1 is 1.17 bits per heavy atom. The van der Waals surface area contributed by atoms with Crippen molar-refractivity contribution >= 4 is 35.8 Å². The van der Waals surface area contributed by atoms with E-state index in [1.54, 1.807) is 19.0 Å². The van der Waals surface area contributed by atoms with Crippen LogP contribution in [0.4, 0.5) is 0 Å². The topological polar surface area (TPSA) is 56.7 Å². The Bertz CT molecular complexity index is 341. The predicted molar refractivity (Wildman–Crippen MR) is 109 cm³/mol. The fourth-order valence-corrected chi connectivity index (χ4v) is 2.90. The summed E-state index contributed by atoms with van der Waals surface area (Å²) < 4.78 is 0. The van der Waals surface area contributed by atoms with Crippen LogP contribution in [0.1, 0.15) is 58.3 Å². The molecule has 136 valence electrons. The van der Waals surface area contributed by atoms with E-state index in [1.807, 2.05) is 0 Å². The average molecular weight is 438 g/mol. The van der Waals surface area contributed by atoms with Crippen LogP contribution >= 0.6 is 24.0 Å². The number of nitrogens with zero attached hydrogens (tertiary/aromatic N) is 2. The van der Waals surface area contributed by atoms with Gasteiger partial charge in [0.2, 0.25) is 5.91 Å². The molecule has 0 unspecified atom stereocenters. The van der Waals surface area contributed by atoms with Gasteiger partial charge in [0.1, 0.15) is 0 Å². The van der Waals surface area contributed by atoms with Gasteiger partial charge in [-0.15, -0.1) is 24.0 Å². The fourth-order valence-electron chi connectivity index (χ4n) is 2.90. The largest absolute Gasteiger partial charge is 0.357 e. The van der Waals surface area contributed by atoms with Gasteiger partial charge in [-0.3, -0.25) is 9.79 Å². The molecule has 0 bridgehead atoms. The van der Waals surface area contributed by atoms with Gasteiger partial charge < -0.3 is 15.5 Å². The molecule has 0 aromatic carbocycles. The summed E-state index contributed by atoms with van der Waals surface area (Å²) in [5.74, 6) is 1.90. The molecule has 0 spiro atoms. The van der Waals surface area contributed by atoms with Crippen LogP contribution in [0.15, 0.2) is 4.99 Å². The Morgan fingerprint density at radius 2 is 1.87 bits per heavy atom. The van der Waals surface area contributed by atoms with Crippen LogP contribution in [0.5, 0.6) is 0 Å². The molecule has 23 heavy (non-hydrogen) atoms. The molecule has 0 radical (unpaired) electrons. The molecule has 1 amide bonds. The molecule has 1 fully saturated rings. The Kier molecular flexibility index (Phi) is 13.5. The van der Waals surface area contributed by atoms with Gasteiger partial charge in [-0.1, -0.05) is 32.1 Å². The van der Waals surface area contributed by atoms with Crippen molar-refractivity contribution in [1.82, 2.24) is 15.5 Å². The highest BCUT2D eigenvalue weighted by molar-refractivity contribution is 14.0. The van der Waals surface area contributed by atoms with Crippen LogP contribution in [0.3, 0.4) is 0 Å². The summed E-state index contributed by atoms with van der Waals surface area (Å²) in [6.07, 6.45) is 10.0. The highest BCUT2D eigenvalue weighted by Gasteiger charge is 2.12. The zero-order valence-electron chi connectivity index (χ0n) is 15.1. The second-order valence-corrected chi connectivity index (χ2v) is 6.37. The van der Waals surface area contributed by atoms with E-state index < -0.39 is 0 Å². The van der Waals surface area contributed by atoms with Crippen LogP contribution in [0.25, 0.3) is 0 Å². The number of hydrogen-bond acceptors (Lipinski definition) is 2. The molecule has 1 saturated carbocycles. The first kappa shape index (κ1) is 22.5. The molecule has 0 aromatic heterocycles. The number of halogens is 1. The summed E-state index contributed by atoms with van der Waals surface area (Å²) in [5.41, 5.74) is 0. The molecule has 1 aliphatic carbocycles. The first-order valence-corrected chi connectivity index (χ1v) is 8.85. The molecule has 0 heterocycles. The minimum Gasteiger partial charge on any atom is -0.357 e. The first-order valence-electron chi connectivity index (χ1n) is 8.85. The number of carbonyl (C=O) groups is 1. The lowest BCUT2D eigenvalue weighted by molar-refractivity contribution is -0.128. The summed E-state index contributed by atoms with van der Waals surface area (Å²) in [5, 5.41) is 6.47. The normalized spacial score (nSPS) is 15.7. The van der Waals surface area contributed by atoms with Gasteiger partial charge in [0, 0.05) is 40.2 Å². The van der Waals surface area contributed by atoms with Crippen molar-refractivity contribution in [3.63, 3.8) is 0 Å². The van der Waals surface area contributed by atoms with Gasteiger partial charge in [-0.2, -0.15) is 0 Å². The smallest absolute Gasteiger partial charge is 0.223 e. The SMILES string of the molecule is CCNC(=NCCCC1CCCCC1)NCCC(=O)N(C)C.I. The van der Waals surface area contributed by atoms with Crippen molar-refractivity contribution in [2.75, 3.05) is 33.7 Å². The van der Waals surface area contributed by atoms with Crippen molar-refractivity contribution < 1.29 is 4.79 Å². The molecular formula is C17H35IN4O. The number of rotatable bonds is 8. The number of hydrogen-bond donors (Lipinski definition) is 2. The number of amides is 1. The number of nitrogens with one attached hydrogen (secondary N) is 2. The third-order valence-corrected chi connectivity index (χ3v) is 4.24. The van der Waals surface area contributed by atoms with Crippen LogP contribution < -0.4 is 10.6 Å². The molecule has 5 nitrogen and oxygen atoms in total. The molecule has 2 N–H and O–H groups in total. The molecule has 0 aliphatic heterocycles. The summed E-state index contributed by atoms with van der Waals surface area (Å²) in [6.45, 7) is 4.40. The summed E-state index contributed by atoms with van der Waals surface area (Å²) in [7, 11) is 3.57. The molecule has 0 saturated heterocycles. The maximum absolute atomic E-state index is 11.5. The van der Waals surface area contributed by atoms with Crippen molar-refractivity contribution in [2.24, 2.45) is 10.9 Å². The lowest BCUT2D eigenvalue weighted by Gasteiger charge is -2.21. The molecule has 1 aliphatic rings. The minimum atomic E-state index is 0. The zero-order valence-corrected chi connectivity index (χ0v) is 17.4. The summed E-state index contributed by atoms with van der Waals surface area (Å²) in [4.78, 5) is 17.8. The molecule has 0 aromatic rings. The zero-order chi connectivity index (χ0) is 16.2. The van der Waals surface area contributed by atoms with Gasteiger partial charge in [0.05, 0.1) is 0 Å². The van der Waals surface area contributed by atoms with E-state index in [2.05, 4.69) is 22.5 Å². The molecule has 6 heteroatoms. The number of aliphatic imine (C=N–C) groups is 1.